The van der Waals surface area contributed by atoms with E-state index < -0.39 is 0 Å². The summed E-state index contributed by atoms with van der Waals surface area (Å²) in [6.07, 6.45) is 8.11. The van der Waals surface area contributed by atoms with Crippen LogP contribution >= 0.6 is 0 Å². The molecule has 0 atom stereocenters. The second-order valence-corrected chi connectivity index (χ2v) is 4.46. The van der Waals surface area contributed by atoms with Crippen LogP contribution in [-0.4, -0.2) is 29.5 Å². The van der Waals surface area contributed by atoms with Gasteiger partial charge in [0.05, 0.1) is 0 Å². The van der Waals surface area contributed by atoms with Gasteiger partial charge in [0.1, 0.15) is 0 Å². The summed E-state index contributed by atoms with van der Waals surface area (Å²) in [5.41, 5.74) is 0. The second kappa shape index (κ2) is 4.60. The Labute approximate surface area is 94.3 Å². The van der Waals surface area contributed by atoms with Crippen LogP contribution in [0, 0.1) is 11.8 Å². The zero-order chi connectivity index (χ0) is 11.5. The van der Waals surface area contributed by atoms with Gasteiger partial charge in [-0.25, -0.2) is 0 Å². The number of hydrogen-bond donors (Lipinski definition) is 0. The maximum absolute atomic E-state index is 11.3. The quantitative estimate of drug-likeness (QED) is 0.662. The summed E-state index contributed by atoms with van der Waals surface area (Å²) in [6, 6.07) is 0. The number of rotatable bonds is 3. The zero-order valence-electron chi connectivity index (χ0n) is 9.02. The van der Waals surface area contributed by atoms with E-state index in [4.69, 9.17) is 0 Å². The highest BCUT2D eigenvalue weighted by Crippen LogP contribution is 2.28. The predicted octanol–water partition coefficient (Wildman–Crippen LogP) is 0.827. The predicted molar refractivity (Wildman–Crippen MR) is 57.0 cm³/mol. The summed E-state index contributed by atoms with van der Waals surface area (Å²) < 4.78 is 0. The Bertz CT molecular complexity index is 322. The molecule has 0 N–H and O–H groups in total. The molecule has 1 saturated carbocycles. The summed E-state index contributed by atoms with van der Waals surface area (Å²) >= 11 is 0. The van der Waals surface area contributed by atoms with E-state index in [0.29, 0.717) is 12.5 Å². The van der Waals surface area contributed by atoms with Gasteiger partial charge < -0.3 is 0 Å². The van der Waals surface area contributed by atoms with Gasteiger partial charge in [0.2, 0.25) is 6.29 Å². The van der Waals surface area contributed by atoms with Crippen LogP contribution in [-0.2, 0) is 14.4 Å². The Morgan fingerprint density at radius 1 is 1.12 bits per heavy atom. The molecular formula is C12H14NO3. The topological polar surface area (TPSA) is 54.5 Å². The molecule has 2 amide bonds. The van der Waals surface area contributed by atoms with Crippen LogP contribution < -0.4 is 0 Å². The molecule has 1 radical (unpaired) electrons. The minimum Gasteiger partial charge on any atom is -0.291 e. The van der Waals surface area contributed by atoms with E-state index in [-0.39, 0.29) is 17.7 Å². The monoisotopic (exact) mass is 220 g/mol. The lowest BCUT2D eigenvalue weighted by Crippen LogP contribution is -2.36. The molecular weight excluding hydrogens is 206 g/mol. The van der Waals surface area contributed by atoms with Gasteiger partial charge in [0.25, 0.3) is 11.8 Å². The molecule has 0 saturated heterocycles. The summed E-state index contributed by atoms with van der Waals surface area (Å²) in [5.74, 6) is -0.0279. The highest BCUT2D eigenvalue weighted by atomic mass is 16.2. The summed E-state index contributed by atoms with van der Waals surface area (Å²) in [4.78, 5) is 34.4. The van der Waals surface area contributed by atoms with Crippen LogP contribution in [0.3, 0.4) is 0 Å². The molecule has 0 aromatic heterocycles. The molecule has 2 rings (SSSR count). The average Bonchev–Trinajstić information content (AvgIpc) is 2.62. The van der Waals surface area contributed by atoms with Gasteiger partial charge in [-0.2, -0.15) is 0 Å². The molecule has 1 heterocycles. The fourth-order valence-electron chi connectivity index (χ4n) is 2.33. The van der Waals surface area contributed by atoms with Gasteiger partial charge in [0.15, 0.2) is 0 Å². The second-order valence-electron chi connectivity index (χ2n) is 4.46. The van der Waals surface area contributed by atoms with Crippen LogP contribution in [0.4, 0.5) is 0 Å². The van der Waals surface area contributed by atoms with E-state index in [9.17, 15) is 14.4 Å². The van der Waals surface area contributed by atoms with E-state index >= 15 is 0 Å². The van der Waals surface area contributed by atoms with Crippen molar-refractivity contribution in [1.82, 2.24) is 4.90 Å². The molecule has 4 heteroatoms. The smallest absolute Gasteiger partial charge is 0.253 e. The molecule has 2 aliphatic rings. The van der Waals surface area contributed by atoms with Crippen molar-refractivity contribution >= 4 is 18.1 Å². The number of carbonyl (C=O) groups excluding carboxylic acids is 3. The van der Waals surface area contributed by atoms with Crippen molar-refractivity contribution in [3.8, 4) is 0 Å². The van der Waals surface area contributed by atoms with Crippen molar-refractivity contribution in [2.45, 2.75) is 25.7 Å². The molecule has 16 heavy (non-hydrogen) atoms. The molecule has 1 aliphatic heterocycles. The normalized spacial score (nSPS) is 29.9. The third-order valence-electron chi connectivity index (χ3n) is 3.35. The highest BCUT2D eigenvalue weighted by Gasteiger charge is 2.29. The summed E-state index contributed by atoms with van der Waals surface area (Å²) in [5, 5.41) is 0. The number of nitrogens with zero attached hydrogens (tertiary/aromatic N) is 1. The zero-order valence-corrected chi connectivity index (χ0v) is 9.02. The molecule has 4 nitrogen and oxygen atoms in total. The lowest BCUT2D eigenvalue weighted by atomic mass is 9.82. The van der Waals surface area contributed by atoms with Crippen molar-refractivity contribution in [3.63, 3.8) is 0 Å². The first-order chi connectivity index (χ1) is 7.70. The van der Waals surface area contributed by atoms with Crippen molar-refractivity contribution in [3.05, 3.63) is 12.2 Å². The van der Waals surface area contributed by atoms with Crippen LogP contribution in [0.2, 0.25) is 0 Å². The van der Waals surface area contributed by atoms with Crippen molar-refractivity contribution < 1.29 is 14.4 Å². The maximum Gasteiger partial charge on any atom is 0.253 e. The first-order valence-electron chi connectivity index (χ1n) is 5.62. The van der Waals surface area contributed by atoms with Crippen molar-refractivity contribution in [2.24, 2.45) is 11.8 Å². The van der Waals surface area contributed by atoms with Gasteiger partial charge in [-0.05, 0) is 31.6 Å². The molecule has 0 spiro atoms. The number of hydrogen-bond acceptors (Lipinski definition) is 3. The third-order valence-corrected chi connectivity index (χ3v) is 3.35. The minimum absolute atomic E-state index is 0.0550. The van der Waals surface area contributed by atoms with Crippen molar-refractivity contribution in [1.29, 1.82) is 0 Å². The molecule has 0 aromatic rings. The third kappa shape index (κ3) is 2.21. The first-order valence-corrected chi connectivity index (χ1v) is 5.62. The standard InChI is InChI=1S/C12H14NO3/c14-8-10-3-1-9(2-4-10)7-13-11(15)5-6-12(13)16/h5-6,9-10H,1-4,7H2/t9-,10-. The molecule has 1 fully saturated rings. The Morgan fingerprint density at radius 3 is 2.19 bits per heavy atom. The fraction of sp³-hybridized carbons (Fsp3) is 0.583. The van der Waals surface area contributed by atoms with Crippen LogP contribution in [0.15, 0.2) is 12.2 Å². The van der Waals surface area contributed by atoms with Gasteiger partial charge in [0, 0.05) is 24.6 Å². The summed E-state index contributed by atoms with van der Waals surface area (Å²) in [7, 11) is 0. The number of carbonyl (C=O) groups is 2. The molecule has 1 aliphatic carbocycles. The van der Waals surface area contributed by atoms with Gasteiger partial charge in [-0.15, -0.1) is 0 Å². The number of amides is 2. The SMILES string of the molecule is O=[C][C@H]1CC[C@H](CN2C(=O)C=CC2=O)CC1. The van der Waals surface area contributed by atoms with Crippen LogP contribution in [0.25, 0.3) is 0 Å². The summed E-state index contributed by atoms with van der Waals surface area (Å²) in [6.45, 7) is 0.496. The van der Waals surface area contributed by atoms with Gasteiger partial charge in [-0.3, -0.25) is 19.3 Å². The van der Waals surface area contributed by atoms with E-state index in [1.165, 1.54) is 17.1 Å². The highest BCUT2D eigenvalue weighted by molar-refractivity contribution is 6.12. The largest absolute Gasteiger partial charge is 0.291 e. The average molecular weight is 220 g/mol. The van der Waals surface area contributed by atoms with E-state index in [0.717, 1.165) is 25.7 Å². The Kier molecular flexibility index (Phi) is 3.17. The minimum atomic E-state index is -0.214. The van der Waals surface area contributed by atoms with Gasteiger partial charge in [-0.1, -0.05) is 0 Å². The molecule has 85 valence electrons. The molecule has 0 aromatic carbocycles. The van der Waals surface area contributed by atoms with E-state index in [2.05, 4.69) is 0 Å². The number of imide groups is 1. The first kappa shape index (κ1) is 11.0. The maximum atomic E-state index is 11.3. The molecule has 0 bridgehead atoms. The lowest BCUT2D eigenvalue weighted by molar-refractivity contribution is -0.137. The lowest BCUT2D eigenvalue weighted by Gasteiger charge is -2.27. The Morgan fingerprint density at radius 2 is 1.69 bits per heavy atom. The van der Waals surface area contributed by atoms with Crippen LogP contribution in [0.5, 0.6) is 0 Å². The fourth-order valence-corrected chi connectivity index (χ4v) is 2.33. The van der Waals surface area contributed by atoms with Crippen LogP contribution in [0.1, 0.15) is 25.7 Å². The van der Waals surface area contributed by atoms with E-state index in [1.807, 2.05) is 6.29 Å². The Hall–Kier alpha value is -1.45. The van der Waals surface area contributed by atoms with E-state index in [1.54, 1.807) is 0 Å². The Balaban J connectivity index is 1.85. The van der Waals surface area contributed by atoms with Crippen molar-refractivity contribution in [2.75, 3.05) is 6.54 Å². The molecule has 0 unspecified atom stereocenters. The van der Waals surface area contributed by atoms with Gasteiger partial charge >= 0.3 is 0 Å².